The summed E-state index contributed by atoms with van der Waals surface area (Å²) in [5.41, 5.74) is 0.347. The first kappa shape index (κ1) is 11.7. The molecule has 2 rings (SSSR count). The molecule has 1 aromatic carbocycles. The number of hydrogen-bond acceptors (Lipinski definition) is 2. The maximum atomic E-state index is 12.1. The highest BCUT2D eigenvalue weighted by Crippen LogP contribution is 2.24. The van der Waals surface area contributed by atoms with Crippen LogP contribution >= 0.6 is 0 Å². The lowest BCUT2D eigenvalue weighted by Crippen LogP contribution is -2.34. The molecule has 0 fully saturated rings. The zero-order chi connectivity index (χ0) is 12.6. The Bertz CT molecular complexity index is 452. The van der Waals surface area contributed by atoms with Gasteiger partial charge in [0.1, 0.15) is 0 Å². The minimum Gasteiger partial charge on any atom is -0.449 e. The van der Waals surface area contributed by atoms with Crippen LogP contribution in [0.4, 0.5) is 12.9 Å². The average Bonchev–Trinajstić information content (AvgIpc) is 2.49. The van der Waals surface area contributed by atoms with Gasteiger partial charge in [-0.1, -0.05) is 18.5 Å². The summed E-state index contributed by atoms with van der Waals surface area (Å²) in [6.45, 7) is -5.59. The third-order valence-electron chi connectivity index (χ3n) is 2.56. The largest absolute Gasteiger partial charge is 0.480 e. The molecule has 17 heavy (non-hydrogen) atoms. The molecule has 1 aromatic rings. The van der Waals surface area contributed by atoms with Crippen molar-refractivity contribution in [2.24, 2.45) is 0 Å². The number of imide groups is 1. The van der Waals surface area contributed by atoms with Gasteiger partial charge in [0, 0.05) is 6.54 Å². The van der Waals surface area contributed by atoms with Crippen LogP contribution in [0.1, 0.15) is 20.7 Å². The summed E-state index contributed by atoms with van der Waals surface area (Å²) in [6, 6.07) is 6.02. The molecule has 0 atom stereocenters. The summed E-state index contributed by atoms with van der Waals surface area (Å²) in [6.07, 6.45) is -1.12. The molecule has 2 amide bonds. The second kappa shape index (κ2) is 3.90. The molecule has 7 heteroatoms. The number of amides is 2. The third-order valence-corrected chi connectivity index (χ3v) is 2.56. The molecule has 0 bridgehead atoms. The van der Waals surface area contributed by atoms with E-state index >= 15 is 0 Å². The second-order valence-corrected chi connectivity index (χ2v) is 3.81. The molecule has 1 aliphatic heterocycles. The SMILES string of the molecule is O=C1c2ccccc2C(=O)N1CC[B-](F)(F)F. The van der Waals surface area contributed by atoms with Gasteiger partial charge in [-0.05, 0) is 12.1 Å². The van der Waals surface area contributed by atoms with Crippen molar-refractivity contribution in [3.8, 4) is 0 Å². The molecule has 0 unspecified atom stereocenters. The lowest BCUT2D eigenvalue weighted by Gasteiger charge is -2.18. The zero-order valence-electron chi connectivity index (χ0n) is 8.70. The van der Waals surface area contributed by atoms with Gasteiger partial charge in [0.15, 0.2) is 0 Å². The molecule has 0 N–H and O–H groups in total. The number of carbonyl (C=O) groups excluding carboxylic acids is 2. The van der Waals surface area contributed by atoms with Crippen molar-refractivity contribution in [2.45, 2.75) is 6.32 Å². The van der Waals surface area contributed by atoms with E-state index in [1.165, 1.54) is 12.1 Å². The molecule has 1 heterocycles. The van der Waals surface area contributed by atoms with Gasteiger partial charge >= 0.3 is 6.98 Å². The highest BCUT2D eigenvalue weighted by Gasteiger charge is 2.36. The fourth-order valence-corrected chi connectivity index (χ4v) is 1.72. The standard InChI is InChI=1S/C10H8BF3NO2/c12-11(13,14)5-6-15-9(16)7-3-1-2-4-8(7)10(15)17/h1-4H,5-6H2/q-1. The fourth-order valence-electron chi connectivity index (χ4n) is 1.72. The van der Waals surface area contributed by atoms with Crippen LogP contribution in [0.5, 0.6) is 0 Å². The Hall–Kier alpha value is -1.79. The van der Waals surface area contributed by atoms with Crippen LogP contribution in [0.25, 0.3) is 0 Å². The van der Waals surface area contributed by atoms with E-state index < -0.39 is 31.7 Å². The van der Waals surface area contributed by atoms with E-state index in [9.17, 15) is 22.5 Å². The van der Waals surface area contributed by atoms with Crippen molar-refractivity contribution >= 4 is 18.8 Å². The van der Waals surface area contributed by atoms with Gasteiger partial charge in [0.05, 0.1) is 11.1 Å². The molecule has 90 valence electrons. The minimum absolute atomic E-state index is 0.173. The van der Waals surface area contributed by atoms with E-state index in [1.807, 2.05) is 0 Å². The molecule has 0 aromatic heterocycles. The molecule has 3 nitrogen and oxygen atoms in total. The number of nitrogens with zero attached hydrogens (tertiary/aromatic N) is 1. The Kier molecular flexibility index (Phi) is 2.69. The van der Waals surface area contributed by atoms with Crippen molar-refractivity contribution in [3.05, 3.63) is 35.4 Å². The zero-order valence-corrected chi connectivity index (χ0v) is 8.70. The van der Waals surface area contributed by atoms with Gasteiger partial charge in [-0.15, -0.1) is 0 Å². The fraction of sp³-hybridized carbons (Fsp3) is 0.200. The Morgan fingerprint density at radius 3 is 1.88 bits per heavy atom. The van der Waals surface area contributed by atoms with Crippen molar-refractivity contribution in [2.75, 3.05) is 6.54 Å². The van der Waals surface area contributed by atoms with E-state index in [1.54, 1.807) is 12.1 Å². The van der Waals surface area contributed by atoms with Crippen LogP contribution < -0.4 is 0 Å². The van der Waals surface area contributed by atoms with Crippen LogP contribution in [-0.2, 0) is 0 Å². The second-order valence-electron chi connectivity index (χ2n) is 3.81. The maximum absolute atomic E-state index is 12.1. The van der Waals surface area contributed by atoms with Crippen LogP contribution in [-0.4, -0.2) is 30.2 Å². The summed E-state index contributed by atoms with van der Waals surface area (Å²) in [5, 5.41) is 0. The van der Waals surface area contributed by atoms with E-state index in [0.717, 1.165) is 0 Å². The summed E-state index contributed by atoms with van der Waals surface area (Å²) in [7, 11) is 0. The molecular weight excluding hydrogens is 234 g/mol. The number of halogens is 3. The third kappa shape index (κ3) is 2.18. The van der Waals surface area contributed by atoms with Crippen molar-refractivity contribution < 1.29 is 22.5 Å². The molecule has 0 aliphatic carbocycles. The van der Waals surface area contributed by atoms with Gasteiger partial charge in [-0.2, -0.15) is 0 Å². The highest BCUT2D eigenvalue weighted by molar-refractivity contribution is 6.58. The lowest BCUT2D eigenvalue weighted by molar-refractivity contribution is 0.0661. The summed E-state index contributed by atoms with van der Waals surface area (Å²) >= 11 is 0. The van der Waals surface area contributed by atoms with E-state index in [-0.39, 0.29) is 11.1 Å². The Morgan fingerprint density at radius 2 is 1.47 bits per heavy atom. The smallest absolute Gasteiger partial charge is 0.449 e. The molecule has 0 saturated heterocycles. The first-order valence-electron chi connectivity index (χ1n) is 5.06. The number of carbonyl (C=O) groups is 2. The minimum atomic E-state index is -4.99. The topological polar surface area (TPSA) is 37.4 Å². The lowest BCUT2D eigenvalue weighted by atomic mass is 9.86. The first-order valence-corrected chi connectivity index (χ1v) is 5.06. The monoisotopic (exact) mass is 242 g/mol. The summed E-state index contributed by atoms with van der Waals surface area (Å²) in [5.74, 6) is -1.30. The predicted octanol–water partition coefficient (Wildman–Crippen LogP) is 2.13. The van der Waals surface area contributed by atoms with E-state index in [0.29, 0.717) is 4.90 Å². The maximum Gasteiger partial charge on any atom is 0.480 e. The van der Waals surface area contributed by atoms with Gasteiger partial charge in [-0.3, -0.25) is 14.5 Å². The molecule has 1 aliphatic rings. The van der Waals surface area contributed by atoms with E-state index in [4.69, 9.17) is 0 Å². The number of rotatable bonds is 3. The van der Waals surface area contributed by atoms with Crippen LogP contribution in [0, 0.1) is 0 Å². The van der Waals surface area contributed by atoms with Crippen molar-refractivity contribution in [3.63, 3.8) is 0 Å². The Morgan fingerprint density at radius 1 is 1.00 bits per heavy atom. The summed E-state index contributed by atoms with van der Waals surface area (Å²) < 4.78 is 36.3. The van der Waals surface area contributed by atoms with Gasteiger partial charge < -0.3 is 12.9 Å². The first-order chi connectivity index (χ1) is 7.90. The normalized spacial score (nSPS) is 15.4. The number of benzene rings is 1. The van der Waals surface area contributed by atoms with Gasteiger partial charge in [0.25, 0.3) is 11.8 Å². The van der Waals surface area contributed by atoms with Crippen molar-refractivity contribution in [1.29, 1.82) is 0 Å². The number of fused-ring (bicyclic) bond motifs is 1. The molecule has 0 saturated carbocycles. The molecule has 0 radical (unpaired) electrons. The van der Waals surface area contributed by atoms with Crippen LogP contribution in [0.3, 0.4) is 0 Å². The van der Waals surface area contributed by atoms with Gasteiger partial charge in [0.2, 0.25) is 0 Å². The average molecular weight is 242 g/mol. The van der Waals surface area contributed by atoms with E-state index in [2.05, 4.69) is 0 Å². The van der Waals surface area contributed by atoms with Crippen LogP contribution in [0.2, 0.25) is 6.32 Å². The molecular formula is C10H8BF3NO2-. The molecule has 0 spiro atoms. The quantitative estimate of drug-likeness (QED) is 0.601. The van der Waals surface area contributed by atoms with Gasteiger partial charge in [-0.25, -0.2) is 0 Å². The van der Waals surface area contributed by atoms with Crippen molar-refractivity contribution in [1.82, 2.24) is 4.90 Å². The predicted molar refractivity (Wildman–Crippen MR) is 55.7 cm³/mol. The Balaban J connectivity index is 2.19. The van der Waals surface area contributed by atoms with Crippen LogP contribution in [0.15, 0.2) is 24.3 Å². The highest BCUT2D eigenvalue weighted by atomic mass is 19.4. The summed E-state index contributed by atoms with van der Waals surface area (Å²) in [4.78, 5) is 24.0. The number of hydrogen-bond donors (Lipinski definition) is 0. The Labute approximate surface area is 95.3 Å².